The second-order valence-corrected chi connectivity index (χ2v) is 4.87. The van der Waals surface area contributed by atoms with E-state index in [9.17, 15) is 5.11 Å². The molecular weight excluding hydrogens is 188 g/mol. The van der Waals surface area contributed by atoms with Gasteiger partial charge in [-0.3, -0.25) is 0 Å². The van der Waals surface area contributed by atoms with Crippen molar-refractivity contribution in [2.45, 2.75) is 25.4 Å². The van der Waals surface area contributed by atoms with Gasteiger partial charge < -0.3 is 10.0 Å². The summed E-state index contributed by atoms with van der Waals surface area (Å²) in [4.78, 5) is 6.61. The Hall–Kier alpha value is -1.09. The molecule has 0 spiro atoms. The number of hydrogen-bond donors (Lipinski definition) is 1. The molecule has 0 atom stereocenters. The average Bonchev–Trinajstić information content (AvgIpc) is 2.96. The van der Waals surface area contributed by atoms with Gasteiger partial charge in [0.15, 0.2) is 0 Å². The molecule has 0 amide bonds. The van der Waals surface area contributed by atoms with Crippen LogP contribution in [-0.2, 0) is 0 Å². The lowest BCUT2D eigenvalue weighted by Gasteiger charge is -2.47. The van der Waals surface area contributed by atoms with Gasteiger partial charge in [0.1, 0.15) is 11.4 Å². The Bertz CT molecular complexity index is 381. The van der Waals surface area contributed by atoms with Crippen molar-refractivity contribution in [2.24, 2.45) is 5.92 Å². The van der Waals surface area contributed by atoms with Crippen LogP contribution in [0.2, 0.25) is 0 Å². The van der Waals surface area contributed by atoms with E-state index in [1.54, 1.807) is 0 Å². The first kappa shape index (κ1) is 9.16. The third kappa shape index (κ3) is 1.51. The van der Waals surface area contributed by atoms with Crippen LogP contribution in [0.15, 0.2) is 18.2 Å². The molecule has 1 N–H and O–H groups in total. The Morgan fingerprint density at radius 1 is 1.40 bits per heavy atom. The van der Waals surface area contributed by atoms with Gasteiger partial charge in [-0.05, 0) is 37.8 Å². The molecule has 0 radical (unpaired) electrons. The predicted molar refractivity (Wildman–Crippen MR) is 58.9 cm³/mol. The van der Waals surface area contributed by atoms with Gasteiger partial charge in [0.25, 0.3) is 0 Å². The first-order valence-corrected chi connectivity index (χ1v) is 5.58. The van der Waals surface area contributed by atoms with E-state index in [0.29, 0.717) is 5.92 Å². The van der Waals surface area contributed by atoms with Crippen LogP contribution in [0.25, 0.3) is 0 Å². The van der Waals surface area contributed by atoms with Crippen molar-refractivity contribution >= 4 is 5.82 Å². The highest BCUT2D eigenvalue weighted by Crippen LogP contribution is 2.45. The van der Waals surface area contributed by atoms with Crippen molar-refractivity contribution < 1.29 is 5.11 Å². The number of rotatable bonds is 2. The quantitative estimate of drug-likeness (QED) is 0.790. The van der Waals surface area contributed by atoms with Crippen molar-refractivity contribution in [3.05, 3.63) is 23.9 Å². The van der Waals surface area contributed by atoms with Crippen LogP contribution in [0, 0.1) is 12.8 Å². The molecular formula is C12H16N2O. The van der Waals surface area contributed by atoms with E-state index < -0.39 is 5.60 Å². The van der Waals surface area contributed by atoms with Gasteiger partial charge in [-0.25, -0.2) is 4.98 Å². The summed E-state index contributed by atoms with van der Waals surface area (Å²) in [5, 5.41) is 10.2. The molecule has 1 saturated heterocycles. The molecule has 3 rings (SSSR count). The van der Waals surface area contributed by atoms with Crippen LogP contribution < -0.4 is 4.90 Å². The lowest BCUT2D eigenvalue weighted by atomic mass is 9.89. The minimum absolute atomic E-state index is 0.411. The van der Waals surface area contributed by atoms with Crippen LogP contribution in [0.5, 0.6) is 0 Å². The first-order chi connectivity index (χ1) is 7.17. The van der Waals surface area contributed by atoms with Gasteiger partial charge in [0, 0.05) is 5.69 Å². The molecule has 1 aliphatic heterocycles. The number of aryl methyl sites for hydroxylation is 1. The summed E-state index contributed by atoms with van der Waals surface area (Å²) in [6.45, 7) is 3.51. The minimum Gasteiger partial charge on any atom is -0.386 e. The number of pyridine rings is 1. The Balaban J connectivity index is 1.71. The summed E-state index contributed by atoms with van der Waals surface area (Å²) in [6.07, 6.45) is 2.40. The van der Waals surface area contributed by atoms with Crippen LogP contribution in [0.4, 0.5) is 5.82 Å². The van der Waals surface area contributed by atoms with Crippen molar-refractivity contribution in [3.63, 3.8) is 0 Å². The van der Waals surface area contributed by atoms with Gasteiger partial charge in [0.05, 0.1) is 13.1 Å². The average molecular weight is 204 g/mol. The number of nitrogens with zero attached hydrogens (tertiary/aromatic N) is 2. The largest absolute Gasteiger partial charge is 0.386 e. The zero-order valence-corrected chi connectivity index (χ0v) is 8.98. The molecule has 0 aromatic carbocycles. The van der Waals surface area contributed by atoms with Gasteiger partial charge in [-0.1, -0.05) is 6.07 Å². The smallest absolute Gasteiger partial charge is 0.128 e. The molecule has 3 heteroatoms. The van der Waals surface area contributed by atoms with Gasteiger partial charge in [-0.2, -0.15) is 0 Å². The van der Waals surface area contributed by atoms with E-state index in [0.717, 1.165) is 24.6 Å². The molecule has 0 unspecified atom stereocenters. The zero-order valence-electron chi connectivity index (χ0n) is 8.98. The van der Waals surface area contributed by atoms with E-state index in [2.05, 4.69) is 9.88 Å². The Kier molecular flexibility index (Phi) is 1.80. The third-order valence-electron chi connectivity index (χ3n) is 3.46. The second-order valence-electron chi connectivity index (χ2n) is 4.87. The topological polar surface area (TPSA) is 36.4 Å². The Morgan fingerprint density at radius 2 is 2.13 bits per heavy atom. The standard InChI is InChI=1S/C12H16N2O/c1-9-3-2-4-11(13-9)14-7-12(15,8-14)10-5-6-10/h2-4,10,15H,5-8H2,1H3. The first-order valence-electron chi connectivity index (χ1n) is 5.58. The highest BCUT2D eigenvalue weighted by atomic mass is 16.3. The van der Waals surface area contributed by atoms with Crippen molar-refractivity contribution in [1.29, 1.82) is 0 Å². The molecule has 1 aromatic rings. The monoisotopic (exact) mass is 204 g/mol. The van der Waals surface area contributed by atoms with E-state index in [-0.39, 0.29) is 0 Å². The second kappa shape index (κ2) is 2.95. The van der Waals surface area contributed by atoms with Crippen molar-refractivity contribution in [2.75, 3.05) is 18.0 Å². The third-order valence-corrected chi connectivity index (χ3v) is 3.46. The maximum atomic E-state index is 10.2. The number of hydrogen-bond acceptors (Lipinski definition) is 3. The predicted octanol–water partition coefficient (Wildman–Crippen LogP) is 1.35. The summed E-state index contributed by atoms with van der Waals surface area (Å²) < 4.78 is 0. The van der Waals surface area contributed by atoms with Crippen LogP contribution in [0.3, 0.4) is 0 Å². The van der Waals surface area contributed by atoms with Crippen molar-refractivity contribution in [3.8, 4) is 0 Å². The van der Waals surface area contributed by atoms with Crippen LogP contribution in [-0.4, -0.2) is 28.8 Å². The fourth-order valence-electron chi connectivity index (χ4n) is 2.36. The maximum Gasteiger partial charge on any atom is 0.128 e. The van der Waals surface area contributed by atoms with Crippen molar-refractivity contribution in [1.82, 2.24) is 4.98 Å². The molecule has 1 aliphatic carbocycles. The Labute approximate surface area is 89.7 Å². The molecule has 80 valence electrons. The summed E-state index contributed by atoms with van der Waals surface area (Å²) in [5.41, 5.74) is 0.625. The molecule has 2 heterocycles. The zero-order chi connectivity index (χ0) is 10.5. The van der Waals surface area contributed by atoms with E-state index in [4.69, 9.17) is 0 Å². The number of aromatic nitrogens is 1. The van der Waals surface area contributed by atoms with Crippen LogP contribution >= 0.6 is 0 Å². The highest BCUT2D eigenvalue weighted by molar-refractivity contribution is 5.45. The summed E-state index contributed by atoms with van der Waals surface area (Å²) in [6, 6.07) is 6.03. The van der Waals surface area contributed by atoms with Gasteiger partial charge >= 0.3 is 0 Å². The number of anilines is 1. The van der Waals surface area contributed by atoms with Gasteiger partial charge in [0.2, 0.25) is 0 Å². The summed E-state index contributed by atoms with van der Waals surface area (Å²) in [5.74, 6) is 1.55. The number of β-amino-alcohol motifs (C(OH)–C–C–N with tert-alkyl or cyclic N) is 1. The van der Waals surface area contributed by atoms with E-state index in [1.807, 2.05) is 25.1 Å². The molecule has 2 fully saturated rings. The van der Waals surface area contributed by atoms with Crippen LogP contribution in [0.1, 0.15) is 18.5 Å². The van der Waals surface area contributed by atoms with E-state index >= 15 is 0 Å². The molecule has 15 heavy (non-hydrogen) atoms. The maximum absolute atomic E-state index is 10.2. The fourth-order valence-corrected chi connectivity index (χ4v) is 2.36. The van der Waals surface area contributed by atoms with E-state index in [1.165, 1.54) is 12.8 Å². The summed E-state index contributed by atoms with van der Waals surface area (Å²) in [7, 11) is 0. The molecule has 1 aromatic heterocycles. The highest BCUT2D eigenvalue weighted by Gasteiger charge is 2.52. The molecule has 1 saturated carbocycles. The molecule has 3 nitrogen and oxygen atoms in total. The summed E-state index contributed by atoms with van der Waals surface area (Å²) >= 11 is 0. The molecule has 2 aliphatic rings. The fraction of sp³-hybridized carbons (Fsp3) is 0.583. The lowest BCUT2D eigenvalue weighted by Crippen LogP contribution is -2.63. The SMILES string of the molecule is Cc1cccc(N2CC(O)(C3CC3)C2)n1. The number of aliphatic hydroxyl groups is 1. The minimum atomic E-state index is -0.411. The lowest BCUT2D eigenvalue weighted by molar-refractivity contribution is -0.00975. The molecule has 0 bridgehead atoms. The Morgan fingerprint density at radius 3 is 2.73 bits per heavy atom. The van der Waals surface area contributed by atoms with Gasteiger partial charge in [-0.15, -0.1) is 0 Å². The normalized spacial score (nSPS) is 23.7.